The first-order valence-electron chi connectivity index (χ1n) is 13.2. The molecule has 4 rings (SSSR count). The second kappa shape index (κ2) is 12.9. The van der Waals surface area contributed by atoms with E-state index in [9.17, 15) is 0 Å². The SMILES string of the molecule is CCCCCOc1ccc([C@@H]2CCN(CCCCC)C[C@H]2COc2ccc3c(c2)OCO3)cc1. The van der Waals surface area contributed by atoms with Gasteiger partial charge in [-0.25, -0.2) is 0 Å². The van der Waals surface area contributed by atoms with Crippen LogP contribution in [0.15, 0.2) is 42.5 Å². The van der Waals surface area contributed by atoms with E-state index in [1.807, 2.05) is 18.2 Å². The summed E-state index contributed by atoms with van der Waals surface area (Å²) in [5, 5.41) is 0. The molecule has 0 saturated carbocycles. The molecule has 2 heterocycles. The lowest BCUT2D eigenvalue weighted by Crippen LogP contribution is -2.42. The molecule has 1 saturated heterocycles. The normalized spacial score (nSPS) is 19.8. The van der Waals surface area contributed by atoms with Crippen molar-refractivity contribution in [1.29, 1.82) is 0 Å². The zero-order chi connectivity index (χ0) is 23.6. The topological polar surface area (TPSA) is 40.2 Å². The van der Waals surface area contributed by atoms with Crippen molar-refractivity contribution in [3.63, 3.8) is 0 Å². The average Bonchev–Trinajstić information content (AvgIpc) is 3.34. The Balaban J connectivity index is 1.39. The predicted molar refractivity (Wildman–Crippen MR) is 136 cm³/mol. The average molecular weight is 468 g/mol. The number of benzene rings is 2. The quantitative estimate of drug-likeness (QED) is 0.308. The Bertz CT molecular complexity index is 869. The second-order valence-corrected chi connectivity index (χ2v) is 9.61. The number of unbranched alkanes of at least 4 members (excludes halogenated alkanes) is 4. The van der Waals surface area contributed by atoms with Crippen LogP contribution in [0.3, 0.4) is 0 Å². The standard InChI is InChI=1S/C29H41NO4/c1-3-5-7-16-30-17-15-27(23-9-11-25(12-10-23)31-18-8-6-4-2)24(20-30)21-32-26-13-14-28-29(19-26)34-22-33-28/h9-14,19,24,27H,3-8,15-18,20-22H2,1-2H3/t24-,27-/m0/s1. The summed E-state index contributed by atoms with van der Waals surface area (Å²) in [4.78, 5) is 2.63. The fourth-order valence-corrected chi connectivity index (χ4v) is 5.03. The van der Waals surface area contributed by atoms with Gasteiger partial charge in [0.2, 0.25) is 6.79 Å². The third kappa shape index (κ3) is 6.82. The maximum atomic E-state index is 6.31. The molecule has 0 amide bonds. The van der Waals surface area contributed by atoms with E-state index in [0.717, 1.165) is 55.5 Å². The van der Waals surface area contributed by atoms with Gasteiger partial charge >= 0.3 is 0 Å². The minimum absolute atomic E-state index is 0.286. The monoisotopic (exact) mass is 467 g/mol. The van der Waals surface area contributed by atoms with E-state index >= 15 is 0 Å². The van der Waals surface area contributed by atoms with E-state index in [1.165, 1.54) is 44.2 Å². The Hall–Kier alpha value is -2.40. The Morgan fingerprint density at radius 3 is 2.44 bits per heavy atom. The van der Waals surface area contributed by atoms with E-state index in [2.05, 4.69) is 43.0 Å². The van der Waals surface area contributed by atoms with Crippen molar-refractivity contribution in [2.75, 3.05) is 39.6 Å². The summed E-state index contributed by atoms with van der Waals surface area (Å²) < 4.78 is 23.2. The lowest BCUT2D eigenvalue weighted by atomic mass is 9.80. The van der Waals surface area contributed by atoms with Gasteiger partial charge < -0.3 is 23.8 Å². The first kappa shape index (κ1) is 24.7. The van der Waals surface area contributed by atoms with E-state index < -0.39 is 0 Å². The minimum atomic E-state index is 0.286. The summed E-state index contributed by atoms with van der Waals surface area (Å²) in [6, 6.07) is 14.7. The van der Waals surface area contributed by atoms with Crippen LogP contribution in [0.2, 0.25) is 0 Å². The molecule has 1 fully saturated rings. The molecule has 0 spiro atoms. The van der Waals surface area contributed by atoms with E-state index in [-0.39, 0.29) is 6.79 Å². The van der Waals surface area contributed by atoms with Crippen LogP contribution in [0.25, 0.3) is 0 Å². The van der Waals surface area contributed by atoms with Crippen molar-refractivity contribution >= 4 is 0 Å². The van der Waals surface area contributed by atoms with Crippen molar-refractivity contribution in [1.82, 2.24) is 4.90 Å². The van der Waals surface area contributed by atoms with Crippen LogP contribution in [0.4, 0.5) is 0 Å². The molecule has 2 aromatic rings. The van der Waals surface area contributed by atoms with Gasteiger partial charge in [-0.05, 0) is 68.1 Å². The molecule has 5 heteroatoms. The summed E-state index contributed by atoms with van der Waals surface area (Å²) >= 11 is 0. The van der Waals surface area contributed by atoms with Gasteiger partial charge in [-0.3, -0.25) is 0 Å². The number of rotatable bonds is 13. The molecule has 34 heavy (non-hydrogen) atoms. The third-order valence-corrected chi connectivity index (χ3v) is 7.03. The lowest BCUT2D eigenvalue weighted by molar-refractivity contribution is 0.109. The van der Waals surface area contributed by atoms with Crippen molar-refractivity contribution < 1.29 is 18.9 Å². The molecule has 186 valence electrons. The van der Waals surface area contributed by atoms with Crippen molar-refractivity contribution in [3.05, 3.63) is 48.0 Å². The highest BCUT2D eigenvalue weighted by Crippen LogP contribution is 2.37. The predicted octanol–water partition coefficient (Wildman–Crippen LogP) is 6.66. The summed E-state index contributed by atoms with van der Waals surface area (Å²) in [7, 11) is 0. The van der Waals surface area contributed by atoms with Gasteiger partial charge in [0.05, 0.1) is 13.2 Å². The van der Waals surface area contributed by atoms with Crippen molar-refractivity contribution in [3.8, 4) is 23.0 Å². The van der Waals surface area contributed by atoms with Gasteiger partial charge in [-0.1, -0.05) is 51.7 Å². The molecule has 0 bridgehead atoms. The van der Waals surface area contributed by atoms with Crippen LogP contribution in [-0.2, 0) is 0 Å². The van der Waals surface area contributed by atoms with Gasteiger partial charge in [-0.2, -0.15) is 0 Å². The molecular formula is C29H41NO4. The second-order valence-electron chi connectivity index (χ2n) is 9.61. The fourth-order valence-electron chi connectivity index (χ4n) is 5.03. The van der Waals surface area contributed by atoms with Crippen LogP contribution < -0.4 is 18.9 Å². The number of nitrogens with zero attached hydrogens (tertiary/aromatic N) is 1. The molecule has 0 radical (unpaired) electrons. The van der Waals surface area contributed by atoms with Gasteiger partial charge in [0.15, 0.2) is 11.5 Å². The smallest absolute Gasteiger partial charge is 0.231 e. The highest BCUT2D eigenvalue weighted by molar-refractivity contribution is 5.46. The molecule has 2 aliphatic heterocycles. The Morgan fingerprint density at radius 1 is 0.853 bits per heavy atom. The number of hydrogen-bond acceptors (Lipinski definition) is 5. The third-order valence-electron chi connectivity index (χ3n) is 7.03. The number of likely N-dealkylation sites (tertiary alicyclic amines) is 1. The minimum Gasteiger partial charge on any atom is -0.494 e. The van der Waals surface area contributed by atoms with Crippen LogP contribution in [0.5, 0.6) is 23.0 Å². The van der Waals surface area contributed by atoms with Crippen LogP contribution >= 0.6 is 0 Å². The number of hydrogen-bond donors (Lipinski definition) is 0. The fraction of sp³-hybridized carbons (Fsp3) is 0.586. The zero-order valence-corrected chi connectivity index (χ0v) is 21.0. The molecule has 5 nitrogen and oxygen atoms in total. The number of ether oxygens (including phenoxy) is 4. The molecule has 0 unspecified atom stereocenters. The molecule has 0 N–H and O–H groups in total. The first-order valence-corrected chi connectivity index (χ1v) is 13.2. The Morgan fingerprint density at radius 2 is 1.62 bits per heavy atom. The summed E-state index contributed by atoms with van der Waals surface area (Å²) in [5.74, 6) is 4.32. The molecule has 2 aliphatic rings. The largest absolute Gasteiger partial charge is 0.494 e. The van der Waals surface area contributed by atoms with Gasteiger partial charge in [0.25, 0.3) is 0 Å². The molecule has 2 atom stereocenters. The van der Waals surface area contributed by atoms with Gasteiger partial charge in [-0.15, -0.1) is 0 Å². The molecule has 2 aromatic carbocycles. The number of fused-ring (bicyclic) bond motifs is 1. The van der Waals surface area contributed by atoms with Crippen molar-refractivity contribution in [2.45, 2.75) is 64.7 Å². The van der Waals surface area contributed by atoms with Crippen LogP contribution in [0, 0.1) is 5.92 Å². The summed E-state index contributed by atoms with van der Waals surface area (Å²) in [6.45, 7) is 9.69. The highest BCUT2D eigenvalue weighted by atomic mass is 16.7. The maximum Gasteiger partial charge on any atom is 0.231 e. The maximum absolute atomic E-state index is 6.31. The van der Waals surface area contributed by atoms with E-state index in [4.69, 9.17) is 18.9 Å². The molecule has 0 aliphatic carbocycles. The van der Waals surface area contributed by atoms with Gasteiger partial charge in [0, 0.05) is 18.5 Å². The first-order chi connectivity index (χ1) is 16.8. The highest BCUT2D eigenvalue weighted by Gasteiger charge is 2.31. The Kier molecular flexibility index (Phi) is 9.37. The lowest BCUT2D eigenvalue weighted by Gasteiger charge is -2.39. The summed E-state index contributed by atoms with van der Waals surface area (Å²) in [6.07, 6.45) is 8.57. The zero-order valence-electron chi connectivity index (χ0n) is 21.0. The van der Waals surface area contributed by atoms with Crippen LogP contribution in [-0.4, -0.2) is 44.5 Å². The van der Waals surface area contributed by atoms with E-state index in [1.54, 1.807) is 0 Å². The van der Waals surface area contributed by atoms with Gasteiger partial charge in [0.1, 0.15) is 11.5 Å². The molecule has 0 aromatic heterocycles. The molecular weight excluding hydrogens is 426 g/mol. The van der Waals surface area contributed by atoms with Crippen molar-refractivity contribution in [2.24, 2.45) is 5.92 Å². The van der Waals surface area contributed by atoms with Crippen LogP contribution in [0.1, 0.15) is 70.3 Å². The Labute approximate surface area is 205 Å². The van der Waals surface area contributed by atoms with E-state index in [0.29, 0.717) is 18.4 Å². The summed E-state index contributed by atoms with van der Waals surface area (Å²) in [5.41, 5.74) is 1.40. The number of piperidine rings is 1.